The Morgan fingerprint density at radius 3 is 2.56 bits per heavy atom. The van der Waals surface area contributed by atoms with Crippen molar-refractivity contribution in [3.05, 3.63) is 69.4 Å². The highest BCUT2D eigenvalue weighted by Gasteiger charge is 2.18. The Labute approximate surface area is 166 Å². The third-order valence-electron chi connectivity index (χ3n) is 4.24. The first kappa shape index (κ1) is 19.3. The fraction of sp³-hybridized carbons (Fsp3) is 0.200. The summed E-state index contributed by atoms with van der Waals surface area (Å²) in [5.41, 5.74) is 2.09. The number of fused-ring (bicyclic) bond motifs is 1. The molecule has 7 heteroatoms. The fourth-order valence-electron chi connectivity index (χ4n) is 2.86. The molecule has 0 radical (unpaired) electrons. The summed E-state index contributed by atoms with van der Waals surface area (Å²) in [6.07, 6.45) is 0. The zero-order valence-electron chi connectivity index (χ0n) is 14.8. The van der Waals surface area contributed by atoms with Gasteiger partial charge in [0.25, 0.3) is 5.91 Å². The van der Waals surface area contributed by atoms with Gasteiger partial charge in [-0.1, -0.05) is 41.4 Å². The standard InChI is InChI=1S/C20H18Cl2N2O3/c1-11-14-5-3-4-6-17(14)27-19(11)12(2)24-18(25)10-23-20(26)13-7-8-15(21)16(22)9-13/h3-9,12H,10H2,1-2H3,(H,23,26)(H,24,25). The lowest BCUT2D eigenvalue weighted by Crippen LogP contribution is -2.38. The zero-order valence-corrected chi connectivity index (χ0v) is 16.3. The maximum Gasteiger partial charge on any atom is 0.251 e. The van der Waals surface area contributed by atoms with E-state index >= 15 is 0 Å². The molecule has 0 saturated carbocycles. The van der Waals surface area contributed by atoms with Gasteiger partial charge in [-0.2, -0.15) is 0 Å². The Balaban J connectivity index is 1.60. The summed E-state index contributed by atoms with van der Waals surface area (Å²) in [7, 11) is 0. The number of aryl methyl sites for hydroxylation is 1. The van der Waals surface area contributed by atoms with Crippen LogP contribution in [0.2, 0.25) is 10.0 Å². The SMILES string of the molecule is Cc1c(C(C)NC(=O)CNC(=O)c2ccc(Cl)c(Cl)c2)oc2ccccc12. The molecule has 0 aliphatic heterocycles. The van der Waals surface area contributed by atoms with Crippen molar-refractivity contribution < 1.29 is 14.0 Å². The number of rotatable bonds is 5. The Morgan fingerprint density at radius 2 is 1.85 bits per heavy atom. The van der Waals surface area contributed by atoms with Gasteiger partial charge in [-0.25, -0.2) is 0 Å². The van der Waals surface area contributed by atoms with Crippen molar-refractivity contribution in [2.24, 2.45) is 0 Å². The number of hydrogen-bond donors (Lipinski definition) is 2. The Morgan fingerprint density at radius 1 is 1.11 bits per heavy atom. The van der Waals surface area contributed by atoms with E-state index in [-0.39, 0.29) is 23.5 Å². The number of hydrogen-bond acceptors (Lipinski definition) is 3. The van der Waals surface area contributed by atoms with E-state index in [1.165, 1.54) is 12.1 Å². The van der Waals surface area contributed by atoms with Crippen molar-refractivity contribution in [3.63, 3.8) is 0 Å². The Kier molecular flexibility index (Phi) is 5.73. The minimum absolute atomic E-state index is 0.164. The number of carbonyl (C=O) groups excluding carboxylic acids is 2. The smallest absolute Gasteiger partial charge is 0.251 e. The second-order valence-corrected chi connectivity index (χ2v) is 7.00. The van der Waals surface area contributed by atoms with Crippen molar-refractivity contribution in [2.45, 2.75) is 19.9 Å². The molecule has 1 atom stereocenters. The summed E-state index contributed by atoms with van der Waals surface area (Å²) >= 11 is 11.7. The van der Waals surface area contributed by atoms with Gasteiger partial charge in [-0.15, -0.1) is 0 Å². The van der Waals surface area contributed by atoms with Crippen molar-refractivity contribution in [2.75, 3.05) is 6.54 Å². The molecule has 27 heavy (non-hydrogen) atoms. The highest BCUT2D eigenvalue weighted by molar-refractivity contribution is 6.42. The number of amides is 2. The van der Waals surface area contributed by atoms with E-state index < -0.39 is 5.91 Å². The quantitative estimate of drug-likeness (QED) is 0.649. The lowest BCUT2D eigenvalue weighted by molar-refractivity contribution is -0.120. The molecule has 0 fully saturated rings. The average molecular weight is 405 g/mol. The van der Waals surface area contributed by atoms with Gasteiger partial charge in [-0.3, -0.25) is 9.59 Å². The van der Waals surface area contributed by atoms with Crippen LogP contribution >= 0.6 is 23.2 Å². The third-order valence-corrected chi connectivity index (χ3v) is 4.98. The van der Waals surface area contributed by atoms with Crippen molar-refractivity contribution in [1.82, 2.24) is 10.6 Å². The summed E-state index contributed by atoms with van der Waals surface area (Å²) in [6, 6.07) is 11.9. The maximum atomic E-state index is 12.2. The van der Waals surface area contributed by atoms with Crippen LogP contribution in [-0.2, 0) is 4.79 Å². The molecule has 0 saturated heterocycles. The molecule has 2 aromatic carbocycles. The molecule has 2 amide bonds. The van der Waals surface area contributed by atoms with Gasteiger partial charge in [0.05, 0.1) is 22.6 Å². The van der Waals surface area contributed by atoms with Gasteiger partial charge in [0.15, 0.2) is 0 Å². The summed E-state index contributed by atoms with van der Waals surface area (Å²) in [6.45, 7) is 3.63. The predicted octanol–water partition coefficient (Wildman–Crippen LogP) is 4.66. The first-order valence-electron chi connectivity index (χ1n) is 8.37. The van der Waals surface area contributed by atoms with Crippen molar-refractivity contribution in [3.8, 4) is 0 Å². The van der Waals surface area contributed by atoms with Crippen LogP contribution in [0, 0.1) is 6.92 Å². The number of nitrogens with one attached hydrogen (secondary N) is 2. The van der Waals surface area contributed by atoms with Crippen molar-refractivity contribution in [1.29, 1.82) is 0 Å². The van der Waals surface area contributed by atoms with Gasteiger partial charge >= 0.3 is 0 Å². The number of para-hydroxylation sites is 1. The number of furan rings is 1. The first-order chi connectivity index (χ1) is 12.9. The van der Waals surface area contributed by atoms with Crippen LogP contribution in [-0.4, -0.2) is 18.4 Å². The van der Waals surface area contributed by atoms with Crippen LogP contribution < -0.4 is 10.6 Å². The molecule has 0 aliphatic rings. The van der Waals surface area contributed by atoms with Gasteiger partial charge < -0.3 is 15.1 Å². The van der Waals surface area contributed by atoms with Crippen LogP contribution in [0.5, 0.6) is 0 Å². The molecule has 3 aromatic rings. The summed E-state index contributed by atoms with van der Waals surface area (Å²) in [5, 5.41) is 7.05. The molecule has 1 aromatic heterocycles. The molecular formula is C20H18Cl2N2O3. The fourth-order valence-corrected chi connectivity index (χ4v) is 3.16. The average Bonchev–Trinajstić information content (AvgIpc) is 2.99. The van der Waals surface area contributed by atoms with Gasteiger partial charge in [0, 0.05) is 16.5 Å². The summed E-state index contributed by atoms with van der Waals surface area (Å²) in [4.78, 5) is 24.3. The Bertz CT molecular complexity index is 1010. The highest BCUT2D eigenvalue weighted by Crippen LogP contribution is 2.29. The summed E-state index contributed by atoms with van der Waals surface area (Å²) in [5.74, 6) is -0.0348. The van der Waals surface area contributed by atoms with E-state index in [1.807, 2.05) is 38.1 Å². The minimum atomic E-state index is -0.406. The molecule has 5 nitrogen and oxygen atoms in total. The number of halogens is 2. The van der Waals surface area contributed by atoms with Gasteiger partial charge in [0.2, 0.25) is 5.91 Å². The van der Waals surface area contributed by atoms with E-state index in [0.29, 0.717) is 16.3 Å². The van der Waals surface area contributed by atoms with Crippen LogP contribution in [0.3, 0.4) is 0 Å². The predicted molar refractivity (Wildman–Crippen MR) is 106 cm³/mol. The molecule has 2 N–H and O–H groups in total. The zero-order chi connectivity index (χ0) is 19.6. The van der Waals surface area contributed by atoms with E-state index in [2.05, 4.69) is 10.6 Å². The molecule has 0 bridgehead atoms. The first-order valence-corrected chi connectivity index (χ1v) is 9.13. The minimum Gasteiger partial charge on any atom is -0.459 e. The third kappa shape index (κ3) is 4.26. The van der Waals surface area contributed by atoms with Crippen molar-refractivity contribution >= 4 is 46.0 Å². The van der Waals surface area contributed by atoms with Crippen LogP contribution in [0.4, 0.5) is 0 Å². The lowest BCUT2D eigenvalue weighted by atomic mass is 10.1. The normalized spacial score (nSPS) is 12.0. The molecule has 0 spiro atoms. The number of carbonyl (C=O) groups is 2. The topological polar surface area (TPSA) is 71.3 Å². The van der Waals surface area contributed by atoms with Gasteiger partial charge in [0.1, 0.15) is 11.3 Å². The van der Waals surface area contributed by atoms with E-state index in [4.69, 9.17) is 27.6 Å². The molecular weight excluding hydrogens is 387 g/mol. The Hall–Kier alpha value is -2.50. The molecule has 1 unspecified atom stereocenters. The molecule has 3 rings (SSSR count). The number of benzene rings is 2. The molecule has 1 heterocycles. The van der Waals surface area contributed by atoms with E-state index in [9.17, 15) is 9.59 Å². The molecule has 0 aliphatic carbocycles. The summed E-state index contributed by atoms with van der Waals surface area (Å²) < 4.78 is 5.85. The maximum absolute atomic E-state index is 12.2. The van der Waals surface area contributed by atoms with E-state index in [0.717, 1.165) is 16.5 Å². The van der Waals surface area contributed by atoms with E-state index in [1.54, 1.807) is 6.07 Å². The highest BCUT2D eigenvalue weighted by atomic mass is 35.5. The van der Waals surface area contributed by atoms with Crippen LogP contribution in [0.15, 0.2) is 46.9 Å². The van der Waals surface area contributed by atoms with Crippen LogP contribution in [0.1, 0.15) is 34.6 Å². The molecule has 140 valence electrons. The van der Waals surface area contributed by atoms with Crippen LogP contribution in [0.25, 0.3) is 11.0 Å². The lowest BCUT2D eigenvalue weighted by Gasteiger charge is -2.13. The van der Waals surface area contributed by atoms with Gasteiger partial charge in [-0.05, 0) is 38.1 Å². The monoisotopic (exact) mass is 404 g/mol. The second-order valence-electron chi connectivity index (χ2n) is 6.19. The largest absolute Gasteiger partial charge is 0.459 e. The second kappa shape index (κ2) is 8.03.